The molecular formula is C11H22N2O. The standard InChI is InChI=1S/C11H22N2O/c1-7-9(14)13-11(5,6)8(2)10(3,4)12/h7-8H,1,12H2,2-6H3,(H,13,14). The van der Waals surface area contributed by atoms with Crippen LogP contribution >= 0.6 is 0 Å². The number of rotatable bonds is 4. The minimum absolute atomic E-state index is 0.161. The molecular weight excluding hydrogens is 176 g/mol. The first-order valence-corrected chi connectivity index (χ1v) is 4.84. The summed E-state index contributed by atoms with van der Waals surface area (Å²) in [5.74, 6) is 0.00463. The van der Waals surface area contributed by atoms with E-state index in [0.717, 1.165) is 0 Å². The minimum Gasteiger partial charge on any atom is -0.347 e. The van der Waals surface area contributed by atoms with Crippen molar-refractivity contribution in [2.75, 3.05) is 0 Å². The van der Waals surface area contributed by atoms with E-state index in [1.807, 2.05) is 34.6 Å². The fraction of sp³-hybridized carbons (Fsp3) is 0.727. The van der Waals surface area contributed by atoms with E-state index < -0.39 is 0 Å². The van der Waals surface area contributed by atoms with Crippen LogP contribution in [0, 0.1) is 5.92 Å². The average molecular weight is 198 g/mol. The minimum atomic E-state index is -0.330. The van der Waals surface area contributed by atoms with Crippen LogP contribution < -0.4 is 11.1 Å². The summed E-state index contributed by atoms with van der Waals surface area (Å²) in [4.78, 5) is 11.2. The summed E-state index contributed by atoms with van der Waals surface area (Å²) < 4.78 is 0. The maximum absolute atomic E-state index is 11.2. The predicted molar refractivity (Wildman–Crippen MR) is 59.8 cm³/mol. The van der Waals surface area contributed by atoms with Gasteiger partial charge in [0.05, 0.1) is 0 Å². The number of hydrogen-bond donors (Lipinski definition) is 2. The van der Waals surface area contributed by atoms with E-state index in [2.05, 4.69) is 11.9 Å². The third kappa shape index (κ3) is 3.50. The number of nitrogens with two attached hydrogens (primary N) is 1. The van der Waals surface area contributed by atoms with E-state index in [-0.39, 0.29) is 22.9 Å². The highest BCUT2D eigenvalue weighted by Gasteiger charge is 2.35. The van der Waals surface area contributed by atoms with Crippen molar-refractivity contribution in [1.82, 2.24) is 5.32 Å². The molecule has 14 heavy (non-hydrogen) atoms. The second-order valence-electron chi connectivity index (χ2n) is 4.96. The fourth-order valence-electron chi connectivity index (χ4n) is 1.41. The van der Waals surface area contributed by atoms with Crippen molar-refractivity contribution in [3.8, 4) is 0 Å². The summed E-state index contributed by atoms with van der Waals surface area (Å²) in [5.41, 5.74) is 5.35. The average Bonchev–Trinajstić information content (AvgIpc) is 2.00. The van der Waals surface area contributed by atoms with Gasteiger partial charge in [-0.05, 0) is 39.7 Å². The Bertz CT molecular complexity index is 226. The Balaban J connectivity index is 4.61. The van der Waals surface area contributed by atoms with Gasteiger partial charge >= 0.3 is 0 Å². The van der Waals surface area contributed by atoms with Crippen LogP contribution in [-0.4, -0.2) is 17.0 Å². The summed E-state index contributed by atoms with van der Waals surface area (Å²) >= 11 is 0. The summed E-state index contributed by atoms with van der Waals surface area (Å²) in [6.45, 7) is 13.3. The molecule has 3 heteroatoms. The van der Waals surface area contributed by atoms with Gasteiger partial charge in [0.25, 0.3) is 0 Å². The molecule has 1 amide bonds. The van der Waals surface area contributed by atoms with Crippen molar-refractivity contribution in [3.05, 3.63) is 12.7 Å². The number of carbonyl (C=O) groups is 1. The number of nitrogens with one attached hydrogen (secondary N) is 1. The maximum atomic E-state index is 11.2. The van der Waals surface area contributed by atoms with Gasteiger partial charge < -0.3 is 11.1 Å². The lowest BCUT2D eigenvalue weighted by atomic mass is 9.76. The SMILES string of the molecule is C=CC(=O)NC(C)(C)C(C)C(C)(C)N. The molecule has 0 aliphatic rings. The Kier molecular flexibility index (Phi) is 3.89. The van der Waals surface area contributed by atoms with Crippen LogP contribution in [0.4, 0.5) is 0 Å². The molecule has 0 radical (unpaired) electrons. The molecule has 0 aromatic heterocycles. The Hall–Kier alpha value is -0.830. The number of carbonyl (C=O) groups excluding carboxylic acids is 1. The number of amides is 1. The van der Waals surface area contributed by atoms with E-state index in [9.17, 15) is 4.79 Å². The second kappa shape index (κ2) is 4.13. The molecule has 0 saturated carbocycles. The molecule has 0 bridgehead atoms. The van der Waals surface area contributed by atoms with Gasteiger partial charge in [-0.15, -0.1) is 0 Å². The van der Waals surface area contributed by atoms with Crippen LogP contribution in [0.1, 0.15) is 34.6 Å². The summed E-state index contributed by atoms with van der Waals surface area (Å²) in [5, 5.41) is 2.88. The summed E-state index contributed by atoms with van der Waals surface area (Å²) in [6, 6.07) is 0. The first-order chi connectivity index (χ1) is 6.11. The molecule has 3 N–H and O–H groups in total. The maximum Gasteiger partial charge on any atom is 0.243 e. The molecule has 0 aromatic rings. The van der Waals surface area contributed by atoms with E-state index in [0.29, 0.717) is 0 Å². The molecule has 0 spiro atoms. The van der Waals surface area contributed by atoms with Crippen molar-refractivity contribution < 1.29 is 4.79 Å². The molecule has 0 saturated heterocycles. The topological polar surface area (TPSA) is 55.1 Å². The van der Waals surface area contributed by atoms with Crippen LogP contribution in [0.5, 0.6) is 0 Å². The van der Waals surface area contributed by atoms with Gasteiger partial charge in [0.2, 0.25) is 5.91 Å². The van der Waals surface area contributed by atoms with Gasteiger partial charge in [0, 0.05) is 11.1 Å². The van der Waals surface area contributed by atoms with E-state index in [1.165, 1.54) is 6.08 Å². The zero-order chi connectivity index (χ0) is 11.6. The molecule has 0 aliphatic carbocycles. The monoisotopic (exact) mass is 198 g/mol. The highest BCUT2D eigenvalue weighted by molar-refractivity contribution is 5.87. The van der Waals surface area contributed by atoms with Gasteiger partial charge in [-0.3, -0.25) is 4.79 Å². The van der Waals surface area contributed by atoms with E-state index >= 15 is 0 Å². The first kappa shape index (κ1) is 13.2. The Morgan fingerprint density at radius 1 is 1.43 bits per heavy atom. The molecule has 0 aliphatic heterocycles. The third-order valence-corrected chi connectivity index (χ3v) is 2.83. The molecule has 0 aromatic carbocycles. The van der Waals surface area contributed by atoms with Crippen LogP contribution in [0.2, 0.25) is 0 Å². The Morgan fingerprint density at radius 3 is 2.14 bits per heavy atom. The number of hydrogen-bond acceptors (Lipinski definition) is 2. The van der Waals surface area contributed by atoms with Crippen molar-refractivity contribution in [2.45, 2.75) is 45.7 Å². The van der Waals surface area contributed by atoms with E-state index in [1.54, 1.807) is 0 Å². The van der Waals surface area contributed by atoms with Crippen LogP contribution in [0.15, 0.2) is 12.7 Å². The lowest BCUT2D eigenvalue weighted by molar-refractivity contribution is -0.118. The molecule has 0 rings (SSSR count). The molecule has 3 nitrogen and oxygen atoms in total. The van der Waals surface area contributed by atoms with Gasteiger partial charge in [-0.25, -0.2) is 0 Å². The quantitative estimate of drug-likeness (QED) is 0.672. The van der Waals surface area contributed by atoms with Crippen molar-refractivity contribution in [3.63, 3.8) is 0 Å². The van der Waals surface area contributed by atoms with Crippen LogP contribution in [-0.2, 0) is 4.79 Å². The van der Waals surface area contributed by atoms with Crippen LogP contribution in [0.3, 0.4) is 0 Å². The highest BCUT2D eigenvalue weighted by atomic mass is 16.1. The smallest absolute Gasteiger partial charge is 0.243 e. The van der Waals surface area contributed by atoms with Crippen molar-refractivity contribution >= 4 is 5.91 Å². The van der Waals surface area contributed by atoms with E-state index in [4.69, 9.17) is 5.73 Å². The van der Waals surface area contributed by atoms with Crippen molar-refractivity contribution in [1.29, 1.82) is 0 Å². The Morgan fingerprint density at radius 2 is 1.86 bits per heavy atom. The fourth-order valence-corrected chi connectivity index (χ4v) is 1.41. The zero-order valence-corrected chi connectivity index (χ0v) is 9.85. The molecule has 0 fully saturated rings. The zero-order valence-electron chi connectivity index (χ0n) is 9.85. The largest absolute Gasteiger partial charge is 0.347 e. The van der Waals surface area contributed by atoms with Crippen molar-refractivity contribution in [2.24, 2.45) is 11.7 Å². The highest BCUT2D eigenvalue weighted by Crippen LogP contribution is 2.25. The third-order valence-electron chi connectivity index (χ3n) is 2.83. The predicted octanol–water partition coefficient (Wildman–Crippen LogP) is 1.44. The lowest BCUT2D eigenvalue weighted by Gasteiger charge is -2.40. The van der Waals surface area contributed by atoms with Gasteiger partial charge in [-0.2, -0.15) is 0 Å². The van der Waals surface area contributed by atoms with Gasteiger partial charge in [0.1, 0.15) is 0 Å². The summed E-state index contributed by atoms with van der Waals surface area (Å²) in [7, 11) is 0. The van der Waals surface area contributed by atoms with Crippen LogP contribution in [0.25, 0.3) is 0 Å². The lowest BCUT2D eigenvalue weighted by Crippen LogP contribution is -2.57. The molecule has 1 atom stereocenters. The van der Waals surface area contributed by atoms with Gasteiger partial charge in [0.15, 0.2) is 0 Å². The molecule has 1 unspecified atom stereocenters. The van der Waals surface area contributed by atoms with Gasteiger partial charge in [-0.1, -0.05) is 13.5 Å². The summed E-state index contributed by atoms with van der Waals surface area (Å²) in [6.07, 6.45) is 1.28. The molecule has 82 valence electrons. The second-order valence-corrected chi connectivity index (χ2v) is 4.96. The normalized spacial score (nSPS) is 14.7. The molecule has 0 heterocycles. The first-order valence-electron chi connectivity index (χ1n) is 4.84. The Labute approximate surface area is 86.8 Å².